The van der Waals surface area contributed by atoms with Crippen molar-refractivity contribution in [3.8, 4) is 22.6 Å². The van der Waals surface area contributed by atoms with Crippen LogP contribution in [0.3, 0.4) is 0 Å². The lowest BCUT2D eigenvalue weighted by Gasteiger charge is -2.08. The summed E-state index contributed by atoms with van der Waals surface area (Å²) in [5.41, 5.74) is 2.42. The average molecular weight is 380 g/mol. The summed E-state index contributed by atoms with van der Waals surface area (Å²) in [6.07, 6.45) is 0. The minimum Gasteiger partial charge on any atom is -0.508 e. The van der Waals surface area contributed by atoms with Gasteiger partial charge in [0.1, 0.15) is 17.1 Å². The first kappa shape index (κ1) is 17.1. The molecule has 1 aromatic heterocycles. The van der Waals surface area contributed by atoms with Crippen LogP contribution in [0.25, 0.3) is 32.9 Å². The molecule has 4 nitrogen and oxygen atoms in total. The minimum absolute atomic E-state index is 0.0688. The molecule has 4 heteroatoms. The molecule has 29 heavy (non-hydrogen) atoms. The zero-order valence-electron chi connectivity index (χ0n) is 15.3. The van der Waals surface area contributed by atoms with Gasteiger partial charge in [0.05, 0.1) is 0 Å². The molecule has 0 aliphatic carbocycles. The lowest BCUT2D eigenvalue weighted by molar-refractivity contribution is 0.101. The van der Waals surface area contributed by atoms with Crippen LogP contribution in [0.15, 0.2) is 89.3 Å². The van der Waals surface area contributed by atoms with Gasteiger partial charge in [-0.15, -0.1) is 0 Å². The number of hydrogen-bond donors (Lipinski definition) is 2. The number of carbonyl (C=O) groups is 1. The Hall–Kier alpha value is -4.05. The van der Waals surface area contributed by atoms with Gasteiger partial charge in [-0.2, -0.15) is 0 Å². The number of rotatable bonds is 3. The monoisotopic (exact) mass is 380 g/mol. The quantitative estimate of drug-likeness (QED) is 0.383. The molecule has 0 unspecified atom stereocenters. The Morgan fingerprint density at radius 1 is 0.724 bits per heavy atom. The molecule has 0 fully saturated rings. The molecular formula is C25H16O4. The maximum atomic E-state index is 13.3. The molecular weight excluding hydrogens is 364 g/mol. The number of fused-ring (bicyclic) bond motifs is 2. The summed E-state index contributed by atoms with van der Waals surface area (Å²) in [7, 11) is 0. The highest BCUT2D eigenvalue weighted by Gasteiger charge is 2.24. The smallest absolute Gasteiger partial charge is 0.228 e. The molecule has 0 bridgehead atoms. The van der Waals surface area contributed by atoms with Crippen molar-refractivity contribution in [2.75, 3.05) is 0 Å². The van der Waals surface area contributed by atoms with Gasteiger partial charge in [-0.3, -0.25) is 4.79 Å². The molecule has 0 atom stereocenters. The van der Waals surface area contributed by atoms with E-state index in [1.54, 1.807) is 24.3 Å². The second-order valence-electron chi connectivity index (χ2n) is 6.89. The Bertz CT molecular complexity index is 1370. The Morgan fingerprint density at radius 3 is 2.28 bits per heavy atom. The van der Waals surface area contributed by atoms with Crippen molar-refractivity contribution < 1.29 is 19.4 Å². The van der Waals surface area contributed by atoms with Crippen LogP contribution in [0.5, 0.6) is 11.5 Å². The van der Waals surface area contributed by atoms with E-state index in [1.807, 2.05) is 42.5 Å². The molecule has 0 saturated carbocycles. The maximum Gasteiger partial charge on any atom is 0.228 e. The van der Waals surface area contributed by atoms with Gasteiger partial charge in [-0.05, 0) is 52.7 Å². The van der Waals surface area contributed by atoms with Crippen molar-refractivity contribution in [3.05, 3.63) is 96.3 Å². The first-order valence-corrected chi connectivity index (χ1v) is 9.19. The third kappa shape index (κ3) is 2.82. The summed E-state index contributed by atoms with van der Waals surface area (Å²) in [6.45, 7) is 0. The number of phenolic OH excluding ortho intramolecular Hbond substituents is 2. The summed E-state index contributed by atoms with van der Waals surface area (Å²) in [5.74, 6) is 0.0703. The molecule has 0 aliphatic heterocycles. The van der Waals surface area contributed by atoms with Crippen LogP contribution in [0, 0.1) is 0 Å². The van der Waals surface area contributed by atoms with Crippen molar-refractivity contribution in [1.82, 2.24) is 0 Å². The molecule has 0 spiro atoms. The Labute approximate surface area is 166 Å². The summed E-state index contributed by atoms with van der Waals surface area (Å²) >= 11 is 0. The van der Waals surface area contributed by atoms with E-state index in [0.29, 0.717) is 16.7 Å². The number of hydrogen-bond acceptors (Lipinski definition) is 4. The maximum absolute atomic E-state index is 13.3. The molecule has 0 radical (unpaired) electrons. The summed E-state index contributed by atoms with van der Waals surface area (Å²) < 4.78 is 5.96. The van der Waals surface area contributed by atoms with Crippen molar-refractivity contribution in [2.24, 2.45) is 0 Å². The van der Waals surface area contributed by atoms with Crippen LogP contribution < -0.4 is 0 Å². The van der Waals surface area contributed by atoms with Gasteiger partial charge < -0.3 is 14.6 Å². The van der Waals surface area contributed by atoms with E-state index in [-0.39, 0.29) is 23.0 Å². The molecule has 2 N–H and O–H groups in total. The van der Waals surface area contributed by atoms with Gasteiger partial charge in [0, 0.05) is 22.6 Å². The van der Waals surface area contributed by atoms with Crippen molar-refractivity contribution in [1.29, 1.82) is 0 Å². The lowest BCUT2D eigenvalue weighted by atomic mass is 9.94. The molecule has 4 aromatic carbocycles. The lowest BCUT2D eigenvalue weighted by Crippen LogP contribution is -2.01. The summed E-state index contributed by atoms with van der Waals surface area (Å²) in [6, 6.07) is 24.8. The third-order valence-electron chi connectivity index (χ3n) is 5.07. The molecule has 0 saturated heterocycles. The van der Waals surface area contributed by atoms with Crippen LogP contribution >= 0.6 is 0 Å². The first-order valence-electron chi connectivity index (χ1n) is 9.19. The van der Waals surface area contributed by atoms with Crippen LogP contribution in [0.4, 0.5) is 0 Å². The zero-order chi connectivity index (χ0) is 20.0. The van der Waals surface area contributed by atoms with Gasteiger partial charge in [0.25, 0.3) is 0 Å². The SMILES string of the molecule is O=C(c1ccc(O)cc1)c1oc2cc(O)ccc2c1-c1cccc2ccccc12. The minimum atomic E-state index is -0.288. The van der Waals surface area contributed by atoms with E-state index in [9.17, 15) is 15.0 Å². The predicted octanol–water partition coefficient (Wildman–Crippen LogP) is 5.90. The van der Waals surface area contributed by atoms with E-state index in [4.69, 9.17) is 4.42 Å². The van der Waals surface area contributed by atoms with Crippen molar-refractivity contribution in [2.45, 2.75) is 0 Å². The number of carbonyl (C=O) groups excluding carboxylic acids is 1. The van der Waals surface area contributed by atoms with E-state index >= 15 is 0 Å². The van der Waals surface area contributed by atoms with Crippen LogP contribution in [-0.4, -0.2) is 16.0 Å². The molecule has 5 aromatic rings. The standard InChI is InChI=1S/C25H16O4/c26-17-10-8-16(9-11-17)24(28)25-23(21-13-12-18(27)14-22(21)29-25)20-7-3-5-15-4-1-2-6-19(15)20/h1-14,26-27H. The van der Waals surface area contributed by atoms with Crippen LogP contribution in [0.2, 0.25) is 0 Å². The second kappa shape index (κ2) is 6.53. The largest absolute Gasteiger partial charge is 0.508 e. The molecule has 140 valence electrons. The predicted molar refractivity (Wildman–Crippen MR) is 112 cm³/mol. The molecule has 5 rings (SSSR count). The van der Waals surface area contributed by atoms with Gasteiger partial charge in [0.2, 0.25) is 5.78 Å². The summed E-state index contributed by atoms with van der Waals surface area (Å²) in [5, 5.41) is 22.2. The van der Waals surface area contributed by atoms with Crippen molar-refractivity contribution >= 4 is 27.5 Å². The first-order chi connectivity index (χ1) is 14.1. The second-order valence-corrected chi connectivity index (χ2v) is 6.89. The number of phenols is 2. The highest BCUT2D eigenvalue weighted by atomic mass is 16.3. The Balaban J connectivity index is 1.83. The molecule has 0 amide bonds. The van der Waals surface area contributed by atoms with E-state index in [1.165, 1.54) is 18.2 Å². The fourth-order valence-corrected chi connectivity index (χ4v) is 3.70. The molecule has 1 heterocycles. The van der Waals surface area contributed by atoms with Crippen molar-refractivity contribution in [3.63, 3.8) is 0 Å². The Morgan fingerprint density at radius 2 is 1.45 bits per heavy atom. The van der Waals surface area contributed by atoms with E-state index < -0.39 is 0 Å². The fraction of sp³-hybridized carbons (Fsp3) is 0. The van der Waals surface area contributed by atoms with Gasteiger partial charge in [-0.1, -0.05) is 42.5 Å². The number of furan rings is 1. The van der Waals surface area contributed by atoms with Crippen LogP contribution in [-0.2, 0) is 0 Å². The highest BCUT2D eigenvalue weighted by Crippen LogP contribution is 2.40. The zero-order valence-corrected chi connectivity index (χ0v) is 15.3. The van der Waals surface area contributed by atoms with Crippen LogP contribution in [0.1, 0.15) is 16.1 Å². The Kier molecular flexibility index (Phi) is 3.85. The van der Waals surface area contributed by atoms with Gasteiger partial charge in [-0.25, -0.2) is 0 Å². The number of ketones is 1. The highest BCUT2D eigenvalue weighted by molar-refractivity contribution is 6.18. The topological polar surface area (TPSA) is 70.7 Å². The fourth-order valence-electron chi connectivity index (χ4n) is 3.70. The van der Waals surface area contributed by atoms with Gasteiger partial charge in [0.15, 0.2) is 5.76 Å². The van der Waals surface area contributed by atoms with E-state index in [0.717, 1.165) is 21.7 Å². The van der Waals surface area contributed by atoms with Gasteiger partial charge >= 0.3 is 0 Å². The molecule has 0 aliphatic rings. The third-order valence-corrected chi connectivity index (χ3v) is 5.07. The summed E-state index contributed by atoms with van der Waals surface area (Å²) in [4.78, 5) is 13.3. The number of benzene rings is 4. The number of aromatic hydroxyl groups is 2. The van der Waals surface area contributed by atoms with E-state index in [2.05, 4.69) is 0 Å². The normalized spacial score (nSPS) is 11.2. The average Bonchev–Trinajstić information content (AvgIpc) is 3.11.